The molecule has 0 aromatic heterocycles. The lowest BCUT2D eigenvalue weighted by molar-refractivity contribution is -0.133. The molecule has 1 aliphatic rings. The highest BCUT2D eigenvalue weighted by Gasteiger charge is 2.23. The average molecular weight is 241 g/mol. The lowest BCUT2D eigenvalue weighted by Crippen LogP contribution is -2.43. The number of amides is 1. The summed E-state index contributed by atoms with van der Waals surface area (Å²) in [5.41, 5.74) is 11.6. The van der Waals surface area contributed by atoms with Crippen molar-refractivity contribution in [2.75, 3.05) is 19.6 Å². The van der Waals surface area contributed by atoms with Gasteiger partial charge >= 0.3 is 0 Å². The molecule has 1 atom stereocenters. The summed E-state index contributed by atoms with van der Waals surface area (Å²) in [6.45, 7) is 6.59. The predicted molar refractivity (Wildman–Crippen MR) is 70.4 cm³/mol. The van der Waals surface area contributed by atoms with E-state index in [0.29, 0.717) is 24.8 Å². The van der Waals surface area contributed by atoms with Gasteiger partial charge in [0.2, 0.25) is 5.91 Å². The molecular weight excluding hydrogens is 214 g/mol. The maximum absolute atomic E-state index is 12.1. The van der Waals surface area contributed by atoms with Crippen LogP contribution < -0.4 is 11.5 Å². The van der Waals surface area contributed by atoms with Crippen LogP contribution in [0.15, 0.2) is 0 Å². The monoisotopic (exact) mass is 241 g/mol. The molecule has 1 amide bonds. The molecule has 100 valence electrons. The van der Waals surface area contributed by atoms with Gasteiger partial charge in [0.15, 0.2) is 0 Å². The minimum Gasteiger partial charge on any atom is -0.343 e. The molecule has 4 heteroatoms. The number of piperidine rings is 1. The first-order valence-electron chi connectivity index (χ1n) is 6.76. The molecule has 0 spiro atoms. The summed E-state index contributed by atoms with van der Waals surface area (Å²) in [7, 11) is 0. The van der Waals surface area contributed by atoms with E-state index in [9.17, 15) is 4.79 Å². The summed E-state index contributed by atoms with van der Waals surface area (Å²) >= 11 is 0. The largest absolute Gasteiger partial charge is 0.343 e. The van der Waals surface area contributed by atoms with Crippen LogP contribution in [-0.4, -0.2) is 36.5 Å². The van der Waals surface area contributed by atoms with E-state index < -0.39 is 0 Å². The zero-order chi connectivity index (χ0) is 12.8. The van der Waals surface area contributed by atoms with Gasteiger partial charge < -0.3 is 16.4 Å². The van der Waals surface area contributed by atoms with Crippen molar-refractivity contribution < 1.29 is 4.79 Å². The van der Waals surface area contributed by atoms with Crippen LogP contribution in [0.25, 0.3) is 0 Å². The molecule has 0 aliphatic carbocycles. The third-order valence-electron chi connectivity index (χ3n) is 3.49. The fraction of sp³-hybridized carbons (Fsp3) is 0.923. The van der Waals surface area contributed by atoms with Crippen molar-refractivity contribution in [3.63, 3.8) is 0 Å². The normalized spacial score (nSPS) is 19.7. The Morgan fingerprint density at radius 2 is 1.94 bits per heavy atom. The molecule has 0 radical (unpaired) electrons. The van der Waals surface area contributed by atoms with E-state index in [4.69, 9.17) is 11.5 Å². The average Bonchev–Trinajstić information content (AvgIpc) is 2.28. The maximum Gasteiger partial charge on any atom is 0.222 e. The molecule has 17 heavy (non-hydrogen) atoms. The van der Waals surface area contributed by atoms with Gasteiger partial charge in [-0.25, -0.2) is 0 Å². The smallest absolute Gasteiger partial charge is 0.222 e. The Hall–Kier alpha value is -0.610. The van der Waals surface area contributed by atoms with Crippen LogP contribution >= 0.6 is 0 Å². The summed E-state index contributed by atoms with van der Waals surface area (Å²) in [5.74, 6) is 1.19. The van der Waals surface area contributed by atoms with E-state index in [1.807, 2.05) is 4.90 Å². The highest BCUT2D eigenvalue weighted by molar-refractivity contribution is 5.76. The number of carbonyl (C=O) groups is 1. The van der Waals surface area contributed by atoms with E-state index >= 15 is 0 Å². The van der Waals surface area contributed by atoms with E-state index in [-0.39, 0.29) is 11.9 Å². The molecule has 1 aliphatic heterocycles. The van der Waals surface area contributed by atoms with Gasteiger partial charge in [-0.3, -0.25) is 4.79 Å². The fourth-order valence-electron chi connectivity index (χ4n) is 2.45. The maximum atomic E-state index is 12.1. The summed E-state index contributed by atoms with van der Waals surface area (Å²) in [6.07, 6.45) is 3.51. The summed E-state index contributed by atoms with van der Waals surface area (Å²) in [4.78, 5) is 14.0. The number of nitrogens with two attached hydrogens (primary N) is 2. The molecule has 4 N–H and O–H groups in total. The van der Waals surface area contributed by atoms with E-state index in [1.165, 1.54) is 0 Å². The quantitative estimate of drug-likeness (QED) is 0.752. The van der Waals surface area contributed by atoms with Gasteiger partial charge in [-0.2, -0.15) is 0 Å². The third-order valence-corrected chi connectivity index (χ3v) is 3.49. The Labute approximate surface area is 105 Å². The Bertz CT molecular complexity index is 235. The van der Waals surface area contributed by atoms with Crippen molar-refractivity contribution in [2.45, 2.75) is 45.6 Å². The molecule has 0 saturated carbocycles. The number of hydrogen-bond acceptors (Lipinski definition) is 3. The molecule has 0 bridgehead atoms. The van der Waals surface area contributed by atoms with E-state index in [1.54, 1.807) is 0 Å². The van der Waals surface area contributed by atoms with Crippen LogP contribution in [0.4, 0.5) is 0 Å². The third kappa shape index (κ3) is 5.04. The number of rotatable bonds is 5. The van der Waals surface area contributed by atoms with Crippen molar-refractivity contribution in [1.82, 2.24) is 4.90 Å². The van der Waals surface area contributed by atoms with Gasteiger partial charge in [-0.05, 0) is 37.6 Å². The summed E-state index contributed by atoms with van der Waals surface area (Å²) < 4.78 is 0. The van der Waals surface area contributed by atoms with Gasteiger partial charge in [0.1, 0.15) is 0 Å². The number of nitrogens with zero attached hydrogens (tertiary/aromatic N) is 1. The standard InChI is InChI=1S/C13H27N3O/c1-10(2)7-11(9-14)8-13(17)16-5-3-12(15)4-6-16/h10-12H,3-9,14-15H2,1-2H3/t11-/m0/s1. The van der Waals surface area contributed by atoms with Gasteiger partial charge in [0.05, 0.1) is 0 Å². The van der Waals surface area contributed by atoms with Gasteiger partial charge in [0, 0.05) is 25.6 Å². The number of carbonyl (C=O) groups excluding carboxylic acids is 1. The highest BCUT2D eigenvalue weighted by Crippen LogP contribution is 2.17. The zero-order valence-electron chi connectivity index (χ0n) is 11.2. The summed E-state index contributed by atoms with van der Waals surface area (Å²) in [5, 5.41) is 0. The van der Waals surface area contributed by atoms with Crippen LogP contribution in [0.3, 0.4) is 0 Å². The lowest BCUT2D eigenvalue weighted by Gasteiger charge is -2.31. The Morgan fingerprint density at radius 1 is 1.35 bits per heavy atom. The minimum atomic E-state index is 0.257. The Morgan fingerprint density at radius 3 is 2.41 bits per heavy atom. The number of likely N-dealkylation sites (tertiary alicyclic amines) is 1. The first-order chi connectivity index (χ1) is 8.02. The summed E-state index contributed by atoms with van der Waals surface area (Å²) in [6, 6.07) is 0.278. The molecule has 0 aromatic carbocycles. The Balaban J connectivity index is 2.36. The van der Waals surface area contributed by atoms with Crippen LogP contribution in [-0.2, 0) is 4.79 Å². The lowest BCUT2D eigenvalue weighted by atomic mass is 9.93. The van der Waals surface area contributed by atoms with Crippen molar-refractivity contribution in [2.24, 2.45) is 23.3 Å². The molecule has 4 nitrogen and oxygen atoms in total. The van der Waals surface area contributed by atoms with Gasteiger partial charge in [0.25, 0.3) is 0 Å². The first-order valence-corrected chi connectivity index (χ1v) is 6.76. The van der Waals surface area contributed by atoms with Crippen molar-refractivity contribution in [1.29, 1.82) is 0 Å². The molecule has 0 unspecified atom stereocenters. The highest BCUT2D eigenvalue weighted by atomic mass is 16.2. The van der Waals surface area contributed by atoms with Crippen LogP contribution in [0, 0.1) is 11.8 Å². The van der Waals surface area contributed by atoms with Crippen LogP contribution in [0.5, 0.6) is 0 Å². The van der Waals surface area contributed by atoms with Gasteiger partial charge in [-0.1, -0.05) is 13.8 Å². The number of hydrogen-bond donors (Lipinski definition) is 2. The second kappa shape index (κ2) is 6.97. The predicted octanol–water partition coefficient (Wildman–Crippen LogP) is 0.947. The minimum absolute atomic E-state index is 0.257. The second-order valence-electron chi connectivity index (χ2n) is 5.65. The van der Waals surface area contributed by atoms with E-state index in [0.717, 1.165) is 32.4 Å². The zero-order valence-corrected chi connectivity index (χ0v) is 11.2. The molecular formula is C13H27N3O. The molecule has 1 fully saturated rings. The first kappa shape index (κ1) is 14.5. The molecule has 0 aromatic rings. The van der Waals surface area contributed by atoms with E-state index in [2.05, 4.69) is 13.8 Å². The van der Waals surface area contributed by atoms with Gasteiger partial charge in [-0.15, -0.1) is 0 Å². The molecule has 1 heterocycles. The second-order valence-corrected chi connectivity index (χ2v) is 5.65. The van der Waals surface area contributed by atoms with Crippen molar-refractivity contribution in [3.05, 3.63) is 0 Å². The fourth-order valence-corrected chi connectivity index (χ4v) is 2.45. The van der Waals surface area contributed by atoms with Crippen LogP contribution in [0.1, 0.15) is 39.5 Å². The van der Waals surface area contributed by atoms with Crippen molar-refractivity contribution >= 4 is 5.91 Å². The SMILES string of the molecule is CC(C)C[C@H](CN)CC(=O)N1CCC(N)CC1. The Kier molecular flexibility index (Phi) is 5.92. The molecule has 1 rings (SSSR count). The topological polar surface area (TPSA) is 72.4 Å². The van der Waals surface area contributed by atoms with Crippen molar-refractivity contribution in [3.8, 4) is 0 Å². The van der Waals surface area contributed by atoms with Crippen LogP contribution in [0.2, 0.25) is 0 Å². The molecule has 1 saturated heterocycles.